The van der Waals surface area contributed by atoms with Crippen LogP contribution < -0.4 is 5.73 Å². The van der Waals surface area contributed by atoms with E-state index < -0.39 is 0 Å². The molecule has 96 valence electrons. The molecule has 1 unspecified atom stereocenters. The van der Waals surface area contributed by atoms with Crippen LogP contribution in [0.15, 0.2) is 24.3 Å². The van der Waals surface area contributed by atoms with Gasteiger partial charge in [0.15, 0.2) is 0 Å². The van der Waals surface area contributed by atoms with Crippen LogP contribution in [0.4, 0.5) is 0 Å². The molecule has 1 atom stereocenters. The molecule has 0 spiro atoms. The zero-order chi connectivity index (χ0) is 11.4. The molecule has 2 N–H and O–H groups in total. The van der Waals surface area contributed by atoms with Gasteiger partial charge in [-0.3, -0.25) is 4.90 Å². The van der Waals surface area contributed by atoms with Crippen molar-refractivity contribution in [3.8, 4) is 0 Å². The molecule has 3 heteroatoms. The van der Waals surface area contributed by atoms with Gasteiger partial charge in [-0.25, -0.2) is 0 Å². The van der Waals surface area contributed by atoms with Crippen molar-refractivity contribution >= 4 is 12.4 Å². The summed E-state index contributed by atoms with van der Waals surface area (Å²) >= 11 is 0. The maximum absolute atomic E-state index is 5.72. The second-order valence-electron chi connectivity index (χ2n) is 4.75. The van der Waals surface area contributed by atoms with Crippen molar-refractivity contribution in [3.05, 3.63) is 35.4 Å². The average molecular weight is 255 g/mol. The molecule has 0 amide bonds. The summed E-state index contributed by atoms with van der Waals surface area (Å²) in [6.07, 6.45) is 2.40. The van der Waals surface area contributed by atoms with Gasteiger partial charge >= 0.3 is 0 Å². The molecule has 1 aromatic rings. The lowest BCUT2D eigenvalue weighted by atomic mass is 10.1. The summed E-state index contributed by atoms with van der Waals surface area (Å²) in [4.78, 5) is 2.53. The largest absolute Gasteiger partial charge is 0.330 e. The summed E-state index contributed by atoms with van der Waals surface area (Å²) < 4.78 is 0. The van der Waals surface area contributed by atoms with Crippen LogP contribution in [0.5, 0.6) is 0 Å². The lowest BCUT2D eigenvalue weighted by Crippen LogP contribution is -2.23. The first-order valence-electron chi connectivity index (χ1n) is 6.32. The maximum atomic E-state index is 5.72. The predicted octanol–water partition coefficient (Wildman–Crippen LogP) is 2.45. The third-order valence-electron chi connectivity index (χ3n) is 3.60. The number of benzene rings is 1. The van der Waals surface area contributed by atoms with Crippen molar-refractivity contribution in [2.75, 3.05) is 19.6 Å². The Hall–Kier alpha value is -0.570. The first-order valence-corrected chi connectivity index (χ1v) is 6.32. The highest BCUT2D eigenvalue weighted by atomic mass is 35.5. The molecular weight excluding hydrogens is 232 g/mol. The van der Waals surface area contributed by atoms with Crippen LogP contribution in [0.1, 0.15) is 24.5 Å². The highest BCUT2D eigenvalue weighted by molar-refractivity contribution is 5.85. The maximum Gasteiger partial charge on any atom is 0.0236 e. The Morgan fingerprint density at radius 2 is 2.00 bits per heavy atom. The summed E-state index contributed by atoms with van der Waals surface area (Å²) in [6, 6.07) is 8.78. The fourth-order valence-electron chi connectivity index (χ4n) is 2.55. The topological polar surface area (TPSA) is 29.3 Å². The second kappa shape index (κ2) is 7.00. The molecule has 1 saturated heterocycles. The number of rotatable bonds is 4. The molecule has 0 bridgehead atoms. The van der Waals surface area contributed by atoms with Crippen molar-refractivity contribution in [2.24, 2.45) is 11.7 Å². The van der Waals surface area contributed by atoms with Gasteiger partial charge in [-0.1, -0.05) is 31.2 Å². The van der Waals surface area contributed by atoms with E-state index >= 15 is 0 Å². The third kappa shape index (κ3) is 3.70. The predicted molar refractivity (Wildman–Crippen MR) is 75.5 cm³/mol. The fourth-order valence-corrected chi connectivity index (χ4v) is 2.55. The van der Waals surface area contributed by atoms with Crippen LogP contribution >= 0.6 is 12.4 Å². The molecule has 1 aliphatic heterocycles. The highest BCUT2D eigenvalue weighted by Gasteiger charge is 2.21. The van der Waals surface area contributed by atoms with E-state index in [0.29, 0.717) is 5.92 Å². The van der Waals surface area contributed by atoms with E-state index in [9.17, 15) is 0 Å². The Labute approximate surface area is 111 Å². The standard InChI is InChI=1S/C14H22N2.ClH/c1-2-13-5-3-4-6-14(13)11-16-8-7-12(9-15)10-16;/h3-6,12H,2,7-11,15H2,1H3;1H. The minimum atomic E-state index is 0. The van der Waals surface area contributed by atoms with Gasteiger partial charge in [0.05, 0.1) is 0 Å². The Kier molecular flexibility index (Phi) is 5.96. The number of nitrogens with two attached hydrogens (primary N) is 1. The molecule has 0 aliphatic carbocycles. The van der Waals surface area contributed by atoms with Crippen LogP contribution in [0.3, 0.4) is 0 Å². The zero-order valence-corrected chi connectivity index (χ0v) is 11.4. The van der Waals surface area contributed by atoms with E-state index in [1.807, 2.05) is 0 Å². The quantitative estimate of drug-likeness (QED) is 0.895. The molecule has 0 saturated carbocycles. The molecule has 1 heterocycles. The van der Waals surface area contributed by atoms with Crippen molar-refractivity contribution in [3.63, 3.8) is 0 Å². The van der Waals surface area contributed by atoms with Gasteiger partial charge in [-0.2, -0.15) is 0 Å². The van der Waals surface area contributed by atoms with Gasteiger partial charge in [-0.15, -0.1) is 12.4 Å². The number of aryl methyl sites for hydroxylation is 1. The normalized spacial score (nSPS) is 20.2. The molecule has 2 rings (SSSR count). The second-order valence-corrected chi connectivity index (χ2v) is 4.75. The summed E-state index contributed by atoms with van der Waals surface area (Å²) in [5.41, 5.74) is 8.69. The van der Waals surface area contributed by atoms with Crippen LogP contribution in [0.2, 0.25) is 0 Å². The van der Waals surface area contributed by atoms with Crippen molar-refractivity contribution in [1.29, 1.82) is 0 Å². The average Bonchev–Trinajstić information content (AvgIpc) is 2.77. The number of likely N-dealkylation sites (tertiary alicyclic amines) is 1. The summed E-state index contributed by atoms with van der Waals surface area (Å²) in [5, 5.41) is 0. The van der Waals surface area contributed by atoms with Crippen molar-refractivity contribution < 1.29 is 0 Å². The molecule has 1 aliphatic rings. The van der Waals surface area contributed by atoms with Gasteiger partial charge in [-0.05, 0) is 43.0 Å². The minimum absolute atomic E-state index is 0. The summed E-state index contributed by atoms with van der Waals surface area (Å²) in [5.74, 6) is 0.716. The first-order chi connectivity index (χ1) is 7.83. The van der Waals surface area contributed by atoms with E-state index in [1.165, 1.54) is 30.6 Å². The van der Waals surface area contributed by atoms with Crippen LogP contribution in [-0.2, 0) is 13.0 Å². The van der Waals surface area contributed by atoms with E-state index in [1.54, 1.807) is 0 Å². The van der Waals surface area contributed by atoms with Crippen molar-refractivity contribution in [1.82, 2.24) is 4.90 Å². The van der Waals surface area contributed by atoms with Crippen LogP contribution in [0.25, 0.3) is 0 Å². The molecular formula is C14H23ClN2. The Morgan fingerprint density at radius 1 is 1.29 bits per heavy atom. The highest BCUT2D eigenvalue weighted by Crippen LogP contribution is 2.19. The molecule has 0 radical (unpaired) electrons. The van der Waals surface area contributed by atoms with Crippen LogP contribution in [-0.4, -0.2) is 24.5 Å². The first kappa shape index (κ1) is 14.5. The smallest absolute Gasteiger partial charge is 0.0236 e. The van der Waals surface area contributed by atoms with Gasteiger partial charge in [0.1, 0.15) is 0 Å². The number of nitrogens with zero attached hydrogens (tertiary/aromatic N) is 1. The SMILES string of the molecule is CCc1ccccc1CN1CCC(CN)C1.Cl. The number of halogens is 1. The lowest BCUT2D eigenvalue weighted by molar-refractivity contribution is 0.317. The van der Waals surface area contributed by atoms with Crippen molar-refractivity contribution in [2.45, 2.75) is 26.3 Å². The molecule has 1 aromatic carbocycles. The van der Waals surface area contributed by atoms with E-state index in [4.69, 9.17) is 5.73 Å². The monoisotopic (exact) mass is 254 g/mol. The van der Waals surface area contributed by atoms with E-state index in [-0.39, 0.29) is 12.4 Å². The van der Waals surface area contributed by atoms with Crippen LogP contribution in [0, 0.1) is 5.92 Å². The third-order valence-corrected chi connectivity index (χ3v) is 3.60. The minimum Gasteiger partial charge on any atom is -0.330 e. The summed E-state index contributed by atoms with van der Waals surface area (Å²) in [7, 11) is 0. The number of hydrogen-bond acceptors (Lipinski definition) is 2. The Morgan fingerprint density at radius 3 is 2.59 bits per heavy atom. The van der Waals surface area contributed by atoms with Gasteiger partial charge in [0, 0.05) is 13.1 Å². The molecule has 17 heavy (non-hydrogen) atoms. The number of hydrogen-bond donors (Lipinski definition) is 1. The summed E-state index contributed by atoms with van der Waals surface area (Å²) in [6.45, 7) is 6.55. The van der Waals surface area contributed by atoms with Gasteiger partial charge in [0.25, 0.3) is 0 Å². The van der Waals surface area contributed by atoms with Gasteiger partial charge in [0.2, 0.25) is 0 Å². The van der Waals surface area contributed by atoms with E-state index in [2.05, 4.69) is 36.1 Å². The van der Waals surface area contributed by atoms with Gasteiger partial charge < -0.3 is 5.73 Å². The zero-order valence-electron chi connectivity index (χ0n) is 10.6. The fraction of sp³-hybridized carbons (Fsp3) is 0.571. The Balaban J connectivity index is 0.00000144. The molecule has 2 nitrogen and oxygen atoms in total. The molecule has 1 fully saturated rings. The molecule has 0 aromatic heterocycles. The van der Waals surface area contributed by atoms with E-state index in [0.717, 1.165) is 19.5 Å². The lowest BCUT2D eigenvalue weighted by Gasteiger charge is -2.17. The Bertz CT molecular complexity index is 341.